The molecule has 0 radical (unpaired) electrons. The fourth-order valence-corrected chi connectivity index (χ4v) is 2.03. The molecule has 0 aliphatic carbocycles. The van der Waals surface area contributed by atoms with Crippen molar-refractivity contribution >= 4 is 24.4 Å². The van der Waals surface area contributed by atoms with Gasteiger partial charge in [-0.25, -0.2) is 0 Å². The molecule has 0 bridgehead atoms. The van der Waals surface area contributed by atoms with E-state index in [0.29, 0.717) is 6.42 Å². The van der Waals surface area contributed by atoms with E-state index in [-0.39, 0.29) is 12.5 Å². The minimum Gasteiger partial charge on any atom is -0.317 e. The molecule has 1 atom stereocenters. The van der Waals surface area contributed by atoms with Crippen molar-refractivity contribution in [3.8, 4) is 0 Å². The molecule has 6 heteroatoms. The predicted molar refractivity (Wildman–Crippen MR) is 55.9 cm³/mol. The molecule has 0 heterocycles. The number of rotatable bonds is 6. The summed E-state index contributed by atoms with van der Waals surface area (Å²) in [5, 5.41) is 2.52. The topological polar surface area (TPSA) is 47.6 Å². The Hall–Kier alpha value is -0.220. The second kappa shape index (κ2) is 6.27. The Labute approximate surface area is 83.5 Å². The minimum absolute atomic E-state index is 0.172. The summed E-state index contributed by atoms with van der Waals surface area (Å²) in [5.41, 5.74) is 0. The Morgan fingerprint density at radius 1 is 1.77 bits per heavy atom. The van der Waals surface area contributed by atoms with Gasteiger partial charge in [0.05, 0.1) is 6.61 Å². The molecule has 0 aromatic carbocycles. The van der Waals surface area contributed by atoms with E-state index in [9.17, 15) is 4.79 Å². The van der Waals surface area contributed by atoms with Crippen molar-refractivity contribution in [3.63, 3.8) is 0 Å². The first-order chi connectivity index (χ1) is 6.08. The molecule has 0 aliphatic heterocycles. The normalized spacial score (nSPS) is 14.6. The molecule has 13 heavy (non-hydrogen) atoms. The zero-order chi connectivity index (χ0) is 10.3. The van der Waals surface area contributed by atoms with E-state index >= 15 is 0 Å². The average molecular weight is 223 g/mol. The quantitative estimate of drug-likeness (QED) is 0.548. The molecule has 0 aromatic rings. The van der Waals surface area contributed by atoms with Crippen LogP contribution in [-0.2, 0) is 25.6 Å². The zero-order valence-electron chi connectivity index (χ0n) is 7.78. The highest BCUT2D eigenvalue weighted by Gasteiger charge is 2.18. The molecule has 1 unspecified atom stereocenters. The third kappa shape index (κ3) is 5.16. The van der Waals surface area contributed by atoms with Crippen LogP contribution in [0.5, 0.6) is 0 Å². The van der Waals surface area contributed by atoms with Crippen molar-refractivity contribution in [2.24, 2.45) is 0 Å². The number of hydrogen-bond donors (Lipinski definition) is 1. The van der Waals surface area contributed by atoms with E-state index in [0.717, 1.165) is 0 Å². The highest BCUT2D eigenvalue weighted by molar-refractivity contribution is 8.09. The van der Waals surface area contributed by atoms with Gasteiger partial charge in [0.2, 0.25) is 5.91 Å². The summed E-state index contributed by atoms with van der Waals surface area (Å²) in [5.74, 6) is -0.172. The van der Waals surface area contributed by atoms with Crippen LogP contribution in [0, 0.1) is 0 Å². The van der Waals surface area contributed by atoms with Gasteiger partial charge in [-0.15, -0.1) is 6.58 Å². The van der Waals surface area contributed by atoms with Crippen molar-refractivity contribution in [3.05, 3.63) is 12.7 Å². The first-order valence-electron chi connectivity index (χ1n) is 3.80. The molecule has 0 aromatic heterocycles. The highest BCUT2D eigenvalue weighted by atomic mass is 32.5. The van der Waals surface area contributed by atoms with Gasteiger partial charge in [-0.2, -0.15) is 0 Å². The Morgan fingerprint density at radius 3 is 2.77 bits per heavy atom. The van der Waals surface area contributed by atoms with E-state index in [2.05, 4.69) is 11.7 Å². The van der Waals surface area contributed by atoms with Gasteiger partial charge < -0.3 is 9.05 Å². The van der Waals surface area contributed by atoms with Crippen LogP contribution in [0.2, 0.25) is 0 Å². The number of carbonyl (C=O) groups excluding carboxylic acids is 1. The molecule has 4 nitrogen and oxygen atoms in total. The lowest BCUT2D eigenvalue weighted by atomic mass is 10.5. The average Bonchev–Trinajstić information content (AvgIpc) is 2.14. The number of carbonyl (C=O) groups is 1. The fourth-order valence-electron chi connectivity index (χ4n) is 0.513. The van der Waals surface area contributed by atoms with Gasteiger partial charge in [0.15, 0.2) is 0 Å². The molecule has 0 saturated heterocycles. The van der Waals surface area contributed by atoms with Gasteiger partial charge in [0, 0.05) is 13.5 Å². The van der Waals surface area contributed by atoms with E-state index in [4.69, 9.17) is 20.9 Å². The second-order valence-electron chi connectivity index (χ2n) is 2.15. The minimum atomic E-state index is -2.63. The molecule has 1 amide bonds. The summed E-state index contributed by atoms with van der Waals surface area (Å²) in [6.07, 6.45) is 1.91. The summed E-state index contributed by atoms with van der Waals surface area (Å²) in [7, 11) is 1.42. The molecule has 0 saturated carbocycles. The first kappa shape index (κ1) is 12.8. The van der Waals surface area contributed by atoms with Gasteiger partial charge >= 0.3 is 0 Å². The van der Waals surface area contributed by atoms with Crippen molar-refractivity contribution in [1.82, 2.24) is 5.09 Å². The maximum absolute atomic E-state index is 11.0. The first-order valence-corrected chi connectivity index (χ1v) is 6.44. The summed E-state index contributed by atoms with van der Waals surface area (Å²) >= 11 is 5.00. The van der Waals surface area contributed by atoms with Crippen LogP contribution in [0.4, 0.5) is 0 Å². The van der Waals surface area contributed by atoms with Crippen LogP contribution in [0.1, 0.15) is 13.3 Å². The smallest absolute Gasteiger partial charge is 0.289 e. The predicted octanol–water partition coefficient (Wildman–Crippen LogP) is 1.59. The largest absolute Gasteiger partial charge is 0.317 e. The van der Waals surface area contributed by atoms with Crippen molar-refractivity contribution in [1.29, 1.82) is 0 Å². The lowest BCUT2D eigenvalue weighted by Crippen LogP contribution is -2.21. The lowest BCUT2D eigenvalue weighted by Gasteiger charge is -2.19. The number of amides is 1. The van der Waals surface area contributed by atoms with Crippen LogP contribution < -0.4 is 5.09 Å². The molecule has 0 rings (SSSR count). The van der Waals surface area contributed by atoms with Crippen molar-refractivity contribution in [2.45, 2.75) is 13.3 Å². The molecule has 0 fully saturated rings. The maximum Gasteiger partial charge on any atom is 0.289 e. The van der Waals surface area contributed by atoms with Gasteiger partial charge in [0.25, 0.3) is 6.64 Å². The molecule has 76 valence electrons. The van der Waals surface area contributed by atoms with Crippen LogP contribution in [0.3, 0.4) is 0 Å². The van der Waals surface area contributed by atoms with Gasteiger partial charge in [0.1, 0.15) is 0 Å². The Bertz CT molecular complexity index is 232. The van der Waals surface area contributed by atoms with E-state index in [1.807, 2.05) is 0 Å². The SMILES string of the molecule is C=CCOP(=S)(NC(=O)CC)OC. The summed E-state index contributed by atoms with van der Waals surface area (Å²) in [4.78, 5) is 11.0. The Kier molecular flexibility index (Phi) is 6.16. The molecular formula is C7H14NO3PS. The third-order valence-electron chi connectivity index (χ3n) is 1.19. The summed E-state index contributed by atoms with van der Waals surface area (Å²) < 4.78 is 10.1. The van der Waals surface area contributed by atoms with E-state index in [1.165, 1.54) is 7.11 Å². The summed E-state index contributed by atoms with van der Waals surface area (Å²) in [6, 6.07) is 0. The van der Waals surface area contributed by atoms with Crippen molar-refractivity contribution in [2.75, 3.05) is 13.7 Å². The summed E-state index contributed by atoms with van der Waals surface area (Å²) in [6.45, 7) is 2.86. The number of hydrogen-bond acceptors (Lipinski definition) is 4. The Morgan fingerprint density at radius 2 is 2.38 bits per heavy atom. The standard InChI is InChI=1S/C7H14NO3PS/c1-4-6-11-12(13,10-3)8-7(9)5-2/h4H,1,5-6H2,2-3H3,(H,8,9,13). The Balaban J connectivity index is 4.19. The van der Waals surface area contributed by atoms with Crippen LogP contribution in [0.25, 0.3) is 0 Å². The monoisotopic (exact) mass is 223 g/mol. The molecule has 0 spiro atoms. The van der Waals surface area contributed by atoms with Crippen LogP contribution >= 0.6 is 6.64 Å². The van der Waals surface area contributed by atoms with Gasteiger partial charge in [-0.05, 0) is 11.8 Å². The van der Waals surface area contributed by atoms with Crippen molar-refractivity contribution < 1.29 is 13.8 Å². The molecule has 0 aliphatic rings. The highest BCUT2D eigenvalue weighted by Crippen LogP contribution is 2.42. The lowest BCUT2D eigenvalue weighted by molar-refractivity contribution is -0.119. The third-order valence-corrected chi connectivity index (χ3v) is 3.72. The zero-order valence-corrected chi connectivity index (χ0v) is 9.49. The van der Waals surface area contributed by atoms with Gasteiger partial charge in [-0.1, -0.05) is 13.0 Å². The molecular weight excluding hydrogens is 209 g/mol. The fraction of sp³-hybridized carbons (Fsp3) is 0.571. The maximum atomic E-state index is 11.0. The van der Waals surface area contributed by atoms with Crippen LogP contribution in [-0.4, -0.2) is 19.6 Å². The van der Waals surface area contributed by atoms with Crippen LogP contribution in [0.15, 0.2) is 12.7 Å². The molecule has 1 N–H and O–H groups in total. The number of nitrogens with one attached hydrogen (secondary N) is 1. The van der Waals surface area contributed by atoms with E-state index in [1.54, 1.807) is 13.0 Å². The van der Waals surface area contributed by atoms with E-state index < -0.39 is 6.64 Å². The van der Waals surface area contributed by atoms with Gasteiger partial charge in [-0.3, -0.25) is 9.88 Å². The second-order valence-corrected chi connectivity index (χ2v) is 5.44.